The lowest BCUT2D eigenvalue weighted by atomic mass is 9.71. The first-order valence-corrected chi connectivity index (χ1v) is 7.89. The van der Waals surface area contributed by atoms with Crippen molar-refractivity contribution in [3.8, 4) is 0 Å². The summed E-state index contributed by atoms with van der Waals surface area (Å²) < 4.78 is 0. The second-order valence-electron chi connectivity index (χ2n) is 7.27. The Labute approximate surface area is 135 Å². The summed E-state index contributed by atoms with van der Waals surface area (Å²) in [6, 6.07) is 1.26. The van der Waals surface area contributed by atoms with E-state index in [9.17, 15) is 14.9 Å². The Hall–Kier alpha value is -2.18. The molecule has 1 aliphatic rings. The number of nitrogens with two attached hydrogens (primary N) is 1. The lowest BCUT2D eigenvalue weighted by molar-refractivity contribution is -0.385. The van der Waals surface area contributed by atoms with Crippen LogP contribution >= 0.6 is 0 Å². The van der Waals surface area contributed by atoms with Gasteiger partial charge in [0.2, 0.25) is 0 Å². The van der Waals surface area contributed by atoms with E-state index in [1.54, 1.807) is 0 Å². The second-order valence-corrected chi connectivity index (χ2v) is 7.27. The van der Waals surface area contributed by atoms with E-state index in [4.69, 9.17) is 5.73 Å². The van der Waals surface area contributed by atoms with Crippen molar-refractivity contribution < 1.29 is 9.72 Å². The van der Waals surface area contributed by atoms with E-state index >= 15 is 0 Å². The molecule has 1 aromatic heterocycles. The van der Waals surface area contributed by atoms with E-state index in [0.29, 0.717) is 5.92 Å². The van der Waals surface area contributed by atoms with Crippen molar-refractivity contribution in [1.82, 2.24) is 10.3 Å². The summed E-state index contributed by atoms with van der Waals surface area (Å²) in [7, 11) is 0. The van der Waals surface area contributed by atoms with Crippen LogP contribution in [0.2, 0.25) is 0 Å². The van der Waals surface area contributed by atoms with Crippen LogP contribution in [0.4, 0.5) is 11.5 Å². The van der Waals surface area contributed by atoms with E-state index in [1.165, 1.54) is 6.07 Å². The zero-order valence-corrected chi connectivity index (χ0v) is 13.8. The molecule has 1 amide bonds. The van der Waals surface area contributed by atoms with Crippen LogP contribution in [0.25, 0.3) is 0 Å². The fraction of sp³-hybridized carbons (Fsp3) is 0.625. The van der Waals surface area contributed by atoms with Crippen molar-refractivity contribution in [2.75, 3.05) is 5.73 Å². The standard InChI is InChI=1S/C16H24N4O3/c1-16(2,3)10-4-6-11(7-5-10)19-15(21)13-8-12(20(22)23)9-18-14(13)17/h8-11H,4-7H2,1-3H3,(H2,17,18)(H,19,21). The van der Waals surface area contributed by atoms with Gasteiger partial charge in [0.05, 0.1) is 10.5 Å². The largest absolute Gasteiger partial charge is 0.383 e. The normalized spacial score (nSPS) is 21.7. The molecule has 1 aliphatic carbocycles. The molecule has 1 saturated carbocycles. The monoisotopic (exact) mass is 320 g/mol. The molecule has 3 N–H and O–H groups in total. The first kappa shape index (κ1) is 17.2. The minimum atomic E-state index is -0.586. The molecule has 7 heteroatoms. The van der Waals surface area contributed by atoms with Gasteiger partial charge in [0.25, 0.3) is 11.6 Å². The summed E-state index contributed by atoms with van der Waals surface area (Å²) in [6.07, 6.45) is 5.01. The second kappa shape index (κ2) is 6.52. The Morgan fingerprint density at radius 2 is 1.96 bits per heavy atom. The van der Waals surface area contributed by atoms with Crippen LogP contribution in [0.1, 0.15) is 56.8 Å². The topological polar surface area (TPSA) is 111 Å². The number of hydrogen-bond donors (Lipinski definition) is 2. The summed E-state index contributed by atoms with van der Waals surface area (Å²) in [5.41, 5.74) is 5.79. The molecule has 2 rings (SSSR count). The molecule has 0 atom stereocenters. The molecule has 0 bridgehead atoms. The molecular formula is C16H24N4O3. The Morgan fingerprint density at radius 3 is 2.48 bits per heavy atom. The summed E-state index contributed by atoms with van der Waals surface area (Å²) in [4.78, 5) is 26.3. The third kappa shape index (κ3) is 4.18. The fourth-order valence-corrected chi connectivity index (χ4v) is 3.11. The molecule has 0 spiro atoms. The summed E-state index contributed by atoms with van der Waals surface area (Å²) in [6.45, 7) is 6.73. The lowest BCUT2D eigenvalue weighted by Gasteiger charge is -2.37. The third-order valence-electron chi connectivity index (χ3n) is 4.65. The minimum Gasteiger partial charge on any atom is -0.383 e. The number of anilines is 1. The van der Waals surface area contributed by atoms with E-state index in [-0.39, 0.29) is 28.5 Å². The molecule has 0 aromatic carbocycles. The summed E-state index contributed by atoms with van der Waals surface area (Å²) >= 11 is 0. The van der Waals surface area contributed by atoms with Gasteiger partial charge in [0.15, 0.2) is 0 Å². The highest BCUT2D eigenvalue weighted by Crippen LogP contribution is 2.37. The predicted octanol–water partition coefficient (Wildman–Crippen LogP) is 2.91. The van der Waals surface area contributed by atoms with Crippen molar-refractivity contribution >= 4 is 17.4 Å². The van der Waals surface area contributed by atoms with Gasteiger partial charge in [-0.3, -0.25) is 14.9 Å². The zero-order valence-electron chi connectivity index (χ0n) is 13.8. The van der Waals surface area contributed by atoms with Crippen LogP contribution in [-0.4, -0.2) is 21.9 Å². The van der Waals surface area contributed by atoms with E-state index in [2.05, 4.69) is 31.1 Å². The van der Waals surface area contributed by atoms with Gasteiger partial charge in [0.1, 0.15) is 12.0 Å². The van der Waals surface area contributed by atoms with E-state index in [1.807, 2.05) is 0 Å². The van der Waals surface area contributed by atoms with E-state index < -0.39 is 10.8 Å². The maximum atomic E-state index is 12.3. The first-order chi connectivity index (χ1) is 10.7. The molecule has 7 nitrogen and oxygen atoms in total. The van der Waals surface area contributed by atoms with Gasteiger partial charge in [-0.1, -0.05) is 20.8 Å². The molecule has 1 heterocycles. The predicted molar refractivity (Wildman–Crippen MR) is 88.0 cm³/mol. The van der Waals surface area contributed by atoms with Gasteiger partial charge in [-0.2, -0.15) is 0 Å². The number of nitrogens with one attached hydrogen (secondary N) is 1. The van der Waals surface area contributed by atoms with Crippen molar-refractivity contribution in [2.45, 2.75) is 52.5 Å². The highest BCUT2D eigenvalue weighted by molar-refractivity contribution is 5.99. The van der Waals surface area contributed by atoms with Crippen LogP contribution in [-0.2, 0) is 0 Å². The fourth-order valence-electron chi connectivity index (χ4n) is 3.11. The molecule has 0 unspecified atom stereocenters. The Bertz CT molecular complexity index is 602. The number of carbonyl (C=O) groups is 1. The average Bonchev–Trinajstić information content (AvgIpc) is 2.47. The van der Waals surface area contributed by atoms with Gasteiger partial charge >= 0.3 is 0 Å². The molecule has 0 saturated heterocycles. The SMILES string of the molecule is CC(C)(C)C1CCC(NC(=O)c2cc([N+](=O)[O-])cnc2N)CC1. The number of hydrogen-bond acceptors (Lipinski definition) is 5. The molecule has 1 fully saturated rings. The Morgan fingerprint density at radius 1 is 1.35 bits per heavy atom. The molecule has 0 radical (unpaired) electrons. The molecule has 126 valence electrons. The number of nitrogens with zero attached hydrogens (tertiary/aromatic N) is 2. The van der Waals surface area contributed by atoms with E-state index in [0.717, 1.165) is 31.9 Å². The molecular weight excluding hydrogens is 296 g/mol. The molecule has 0 aliphatic heterocycles. The van der Waals surface area contributed by atoms with Gasteiger partial charge in [-0.25, -0.2) is 4.98 Å². The molecule has 23 heavy (non-hydrogen) atoms. The number of amides is 1. The van der Waals surface area contributed by atoms with Crippen LogP contribution < -0.4 is 11.1 Å². The number of aromatic nitrogens is 1. The number of carbonyl (C=O) groups excluding carboxylic acids is 1. The number of nitrogen functional groups attached to an aromatic ring is 1. The van der Waals surface area contributed by atoms with Gasteiger partial charge in [0, 0.05) is 12.1 Å². The first-order valence-electron chi connectivity index (χ1n) is 7.89. The Kier molecular flexibility index (Phi) is 4.87. The maximum Gasteiger partial charge on any atom is 0.288 e. The van der Waals surface area contributed by atoms with Gasteiger partial charge < -0.3 is 11.1 Å². The smallest absolute Gasteiger partial charge is 0.288 e. The highest BCUT2D eigenvalue weighted by atomic mass is 16.6. The Balaban J connectivity index is 2.01. The van der Waals surface area contributed by atoms with Crippen LogP contribution in [0, 0.1) is 21.4 Å². The number of pyridine rings is 1. The summed E-state index contributed by atoms with van der Waals surface area (Å²) in [5.74, 6) is 0.273. The van der Waals surface area contributed by atoms with Crippen molar-refractivity contribution in [2.24, 2.45) is 11.3 Å². The average molecular weight is 320 g/mol. The maximum absolute atomic E-state index is 12.3. The van der Waals surface area contributed by atoms with Gasteiger partial charge in [-0.05, 0) is 37.0 Å². The quantitative estimate of drug-likeness (QED) is 0.657. The van der Waals surface area contributed by atoms with Crippen molar-refractivity contribution in [1.29, 1.82) is 0 Å². The molecule has 1 aromatic rings. The highest BCUT2D eigenvalue weighted by Gasteiger charge is 2.30. The van der Waals surface area contributed by atoms with Crippen molar-refractivity contribution in [3.63, 3.8) is 0 Å². The van der Waals surface area contributed by atoms with Crippen LogP contribution in [0.15, 0.2) is 12.3 Å². The van der Waals surface area contributed by atoms with Crippen molar-refractivity contribution in [3.05, 3.63) is 27.9 Å². The van der Waals surface area contributed by atoms with Gasteiger partial charge in [-0.15, -0.1) is 0 Å². The third-order valence-corrected chi connectivity index (χ3v) is 4.65. The van der Waals surface area contributed by atoms with Crippen LogP contribution in [0.3, 0.4) is 0 Å². The lowest BCUT2D eigenvalue weighted by Crippen LogP contribution is -2.39. The minimum absolute atomic E-state index is 0.0106. The number of nitro groups is 1. The zero-order chi connectivity index (χ0) is 17.2. The number of rotatable bonds is 3. The summed E-state index contributed by atoms with van der Waals surface area (Å²) in [5, 5.41) is 13.7. The van der Waals surface area contributed by atoms with Crippen LogP contribution in [0.5, 0.6) is 0 Å².